The van der Waals surface area contributed by atoms with E-state index in [4.69, 9.17) is 14.4 Å². The van der Waals surface area contributed by atoms with Gasteiger partial charge in [-0.3, -0.25) is 0 Å². The van der Waals surface area contributed by atoms with E-state index in [9.17, 15) is 0 Å². The third-order valence-corrected chi connectivity index (χ3v) is 9.91. The van der Waals surface area contributed by atoms with Crippen LogP contribution in [0.3, 0.4) is 0 Å². The van der Waals surface area contributed by atoms with Gasteiger partial charge in [0.15, 0.2) is 6.17 Å². The summed E-state index contributed by atoms with van der Waals surface area (Å²) >= 11 is 0. The maximum Gasteiger partial charge on any atom is 0.169 e. The minimum absolute atomic E-state index is 0.460. The molecule has 0 radical (unpaired) electrons. The molecule has 1 aliphatic heterocycles. The molecule has 1 aliphatic rings. The van der Waals surface area contributed by atoms with E-state index in [1.807, 2.05) is 18.2 Å². The summed E-state index contributed by atoms with van der Waals surface area (Å²) < 4.78 is 6.49. The second-order valence-electron chi connectivity index (χ2n) is 13.0. The summed E-state index contributed by atoms with van der Waals surface area (Å²) in [6, 6.07) is 61.7. The molecule has 4 nitrogen and oxygen atoms in total. The Hall–Kier alpha value is -6.78. The Kier molecular flexibility index (Phi) is 6.85. The maximum atomic E-state index is 6.49. The molecule has 1 atom stereocenters. The summed E-state index contributed by atoms with van der Waals surface area (Å²) in [6.07, 6.45) is -0.460. The van der Waals surface area contributed by atoms with Gasteiger partial charge in [-0.05, 0) is 73.6 Å². The van der Waals surface area contributed by atoms with Gasteiger partial charge in [-0.25, -0.2) is 9.98 Å². The fourth-order valence-corrected chi connectivity index (χ4v) is 7.37. The maximum absolute atomic E-state index is 6.49. The number of hydrogen-bond donors (Lipinski definition) is 1. The van der Waals surface area contributed by atoms with Crippen LogP contribution in [0.1, 0.15) is 22.9 Å². The van der Waals surface area contributed by atoms with Crippen molar-refractivity contribution >= 4 is 55.2 Å². The van der Waals surface area contributed by atoms with Gasteiger partial charge in [-0.15, -0.1) is 0 Å². The predicted molar refractivity (Wildman–Crippen MR) is 211 cm³/mol. The van der Waals surface area contributed by atoms with Crippen molar-refractivity contribution < 1.29 is 4.42 Å². The quantitative estimate of drug-likeness (QED) is 0.201. The number of nitrogens with zero attached hydrogens (tertiary/aromatic N) is 2. The molecule has 1 N–H and O–H groups in total. The van der Waals surface area contributed by atoms with Gasteiger partial charge >= 0.3 is 0 Å². The fraction of sp³-hybridized carbons (Fsp3) is 0.0213. The van der Waals surface area contributed by atoms with E-state index in [0.29, 0.717) is 0 Å². The van der Waals surface area contributed by atoms with E-state index in [2.05, 4.69) is 163 Å². The first-order chi connectivity index (χ1) is 25.2. The van der Waals surface area contributed by atoms with E-state index in [1.165, 1.54) is 21.7 Å². The van der Waals surface area contributed by atoms with Crippen LogP contribution in [0.2, 0.25) is 0 Å². The smallest absolute Gasteiger partial charge is 0.169 e. The van der Waals surface area contributed by atoms with Crippen LogP contribution in [-0.4, -0.2) is 11.7 Å². The zero-order valence-corrected chi connectivity index (χ0v) is 27.6. The number of hydrogen-bond acceptors (Lipinski definition) is 4. The number of rotatable bonds is 5. The molecular formula is C47H31N3O. The SMILES string of the molecule is c1ccc(-c2cc(C3=NC(c4ccc(-c5cccc6ccccc56)cc4)N=C(c4ccc5ccccc5c4)N3)c3c(c2)oc2ccccc23)cc1. The molecule has 0 spiro atoms. The van der Waals surface area contributed by atoms with Crippen LogP contribution in [0.4, 0.5) is 0 Å². The summed E-state index contributed by atoms with van der Waals surface area (Å²) in [6.45, 7) is 0. The zero-order chi connectivity index (χ0) is 33.7. The average molecular weight is 654 g/mol. The van der Waals surface area contributed by atoms with Crippen molar-refractivity contribution in [1.29, 1.82) is 0 Å². The first-order valence-corrected chi connectivity index (χ1v) is 17.3. The van der Waals surface area contributed by atoms with Crippen LogP contribution in [0.5, 0.6) is 0 Å². The average Bonchev–Trinajstić information content (AvgIpc) is 3.59. The molecular weight excluding hydrogens is 623 g/mol. The largest absolute Gasteiger partial charge is 0.456 e. The van der Waals surface area contributed by atoms with Crippen molar-refractivity contribution in [3.05, 3.63) is 193 Å². The van der Waals surface area contributed by atoms with Crippen LogP contribution in [-0.2, 0) is 0 Å². The highest BCUT2D eigenvalue weighted by molar-refractivity contribution is 6.24. The van der Waals surface area contributed by atoms with Gasteiger partial charge in [0, 0.05) is 21.9 Å². The van der Waals surface area contributed by atoms with E-state index in [-0.39, 0.29) is 0 Å². The van der Waals surface area contributed by atoms with Crippen molar-refractivity contribution in [2.24, 2.45) is 9.98 Å². The Morgan fingerprint density at radius 3 is 1.96 bits per heavy atom. The van der Waals surface area contributed by atoms with Gasteiger partial charge in [-0.1, -0.05) is 152 Å². The topological polar surface area (TPSA) is 49.9 Å². The zero-order valence-electron chi connectivity index (χ0n) is 27.6. The molecule has 0 saturated heterocycles. The number of amidine groups is 2. The molecule has 1 aromatic heterocycles. The summed E-state index contributed by atoms with van der Waals surface area (Å²) in [4.78, 5) is 10.6. The van der Waals surface area contributed by atoms with Crippen LogP contribution in [0.25, 0.3) is 65.7 Å². The standard InChI is InChI=1S/C47H31N3O/c1-2-11-30(12-3-1)37-28-41(44-40-18-8-9-20-42(40)51-43(44)29-37)47-49-45(48-46(50-47)36-26-21-31-13-4-5-15-35(31)27-36)34-24-22-33(23-25-34)39-19-10-16-32-14-6-7-17-38(32)39/h1-29,45H,(H,48,49,50). The number of nitrogens with one attached hydrogen (secondary N) is 1. The van der Waals surface area contributed by atoms with Gasteiger partial charge in [0.05, 0.1) is 0 Å². The van der Waals surface area contributed by atoms with E-state index >= 15 is 0 Å². The highest BCUT2D eigenvalue weighted by Crippen LogP contribution is 2.37. The third kappa shape index (κ3) is 5.17. The Balaban J connectivity index is 1.15. The lowest BCUT2D eigenvalue weighted by Crippen LogP contribution is -2.36. The molecule has 2 heterocycles. The third-order valence-electron chi connectivity index (χ3n) is 9.91. The van der Waals surface area contributed by atoms with Crippen LogP contribution in [0.15, 0.2) is 190 Å². The highest BCUT2D eigenvalue weighted by Gasteiger charge is 2.25. The number of fused-ring (bicyclic) bond motifs is 5. The van der Waals surface area contributed by atoms with Crippen molar-refractivity contribution in [1.82, 2.24) is 5.32 Å². The molecule has 10 rings (SSSR count). The van der Waals surface area contributed by atoms with Gasteiger partial charge < -0.3 is 9.73 Å². The number of para-hydroxylation sites is 1. The molecule has 1 unspecified atom stereocenters. The van der Waals surface area contributed by atoms with Crippen molar-refractivity contribution in [3.63, 3.8) is 0 Å². The fourth-order valence-electron chi connectivity index (χ4n) is 7.37. The molecule has 4 heteroatoms. The van der Waals surface area contributed by atoms with Crippen LogP contribution >= 0.6 is 0 Å². The van der Waals surface area contributed by atoms with Gasteiger partial charge in [0.25, 0.3) is 0 Å². The molecule has 0 aliphatic carbocycles. The van der Waals surface area contributed by atoms with Gasteiger partial charge in [0.1, 0.15) is 22.8 Å². The van der Waals surface area contributed by atoms with E-state index in [0.717, 1.165) is 72.4 Å². The molecule has 0 saturated carbocycles. The Morgan fingerprint density at radius 1 is 0.412 bits per heavy atom. The summed E-state index contributed by atoms with van der Waals surface area (Å²) in [7, 11) is 0. The van der Waals surface area contributed by atoms with Crippen LogP contribution in [0, 0.1) is 0 Å². The first-order valence-electron chi connectivity index (χ1n) is 17.3. The molecule has 240 valence electrons. The Labute approximate surface area is 295 Å². The van der Waals surface area contributed by atoms with Crippen molar-refractivity contribution in [3.8, 4) is 22.3 Å². The lowest BCUT2D eigenvalue weighted by molar-refractivity contribution is 0.669. The summed E-state index contributed by atoms with van der Waals surface area (Å²) in [5.74, 6) is 1.53. The second-order valence-corrected chi connectivity index (χ2v) is 13.0. The predicted octanol–water partition coefficient (Wildman–Crippen LogP) is 11.7. The molecule has 0 fully saturated rings. The first kappa shape index (κ1) is 29.2. The lowest BCUT2D eigenvalue weighted by Gasteiger charge is -2.23. The van der Waals surface area contributed by atoms with Gasteiger partial charge in [-0.2, -0.15) is 0 Å². The second kappa shape index (κ2) is 12.0. The summed E-state index contributed by atoms with van der Waals surface area (Å²) in [5.41, 5.74) is 9.21. The lowest BCUT2D eigenvalue weighted by atomic mass is 9.96. The molecule has 0 bridgehead atoms. The highest BCUT2D eigenvalue weighted by atomic mass is 16.3. The van der Waals surface area contributed by atoms with Gasteiger partial charge in [0.2, 0.25) is 0 Å². The minimum Gasteiger partial charge on any atom is -0.456 e. The molecule has 8 aromatic carbocycles. The summed E-state index contributed by atoms with van der Waals surface area (Å²) in [5, 5.41) is 10.6. The normalized spacial score (nSPS) is 14.5. The minimum atomic E-state index is -0.460. The van der Waals surface area contributed by atoms with E-state index < -0.39 is 6.17 Å². The Bertz CT molecular complexity index is 2820. The van der Waals surface area contributed by atoms with Crippen molar-refractivity contribution in [2.75, 3.05) is 0 Å². The number of aliphatic imine (C=N–C) groups is 2. The van der Waals surface area contributed by atoms with Crippen LogP contribution < -0.4 is 5.32 Å². The number of furan rings is 1. The van der Waals surface area contributed by atoms with Crippen molar-refractivity contribution in [2.45, 2.75) is 6.17 Å². The number of benzene rings is 8. The Morgan fingerprint density at radius 2 is 1.10 bits per heavy atom. The molecule has 9 aromatic rings. The molecule has 0 amide bonds. The van der Waals surface area contributed by atoms with E-state index in [1.54, 1.807) is 0 Å². The molecule has 51 heavy (non-hydrogen) atoms. The monoisotopic (exact) mass is 653 g/mol.